The first-order valence-electron chi connectivity index (χ1n) is 9.07. The van der Waals surface area contributed by atoms with Gasteiger partial charge in [-0.25, -0.2) is 4.98 Å². The SMILES string of the molecule is O=C(Cc1csc(COc2ccc(Cl)cc2)n1)NCCNc1ccccc1[N+](=O)[O-]. The van der Waals surface area contributed by atoms with E-state index in [1.165, 1.54) is 17.4 Å². The van der Waals surface area contributed by atoms with Gasteiger partial charge in [-0.15, -0.1) is 11.3 Å². The lowest BCUT2D eigenvalue weighted by Crippen LogP contribution is -2.30. The first-order valence-corrected chi connectivity index (χ1v) is 10.3. The number of nitro groups is 1. The number of nitro benzene ring substituents is 1. The summed E-state index contributed by atoms with van der Waals surface area (Å²) in [4.78, 5) is 27.0. The number of para-hydroxylation sites is 2. The minimum atomic E-state index is -0.447. The van der Waals surface area contributed by atoms with Gasteiger partial charge in [0.2, 0.25) is 5.91 Å². The molecule has 0 saturated heterocycles. The number of amides is 1. The Morgan fingerprint density at radius 1 is 1.17 bits per heavy atom. The first kappa shape index (κ1) is 21.5. The summed E-state index contributed by atoms with van der Waals surface area (Å²) in [6.45, 7) is 1.02. The van der Waals surface area contributed by atoms with Crippen LogP contribution in [0.3, 0.4) is 0 Å². The van der Waals surface area contributed by atoms with Crippen LogP contribution in [0.4, 0.5) is 11.4 Å². The lowest BCUT2D eigenvalue weighted by Gasteiger charge is -2.08. The highest BCUT2D eigenvalue weighted by Crippen LogP contribution is 2.22. The largest absolute Gasteiger partial charge is 0.486 e. The van der Waals surface area contributed by atoms with Crippen molar-refractivity contribution in [3.8, 4) is 5.75 Å². The second-order valence-electron chi connectivity index (χ2n) is 6.20. The topological polar surface area (TPSA) is 106 Å². The summed E-state index contributed by atoms with van der Waals surface area (Å²) in [5, 5.41) is 20.0. The number of thiazole rings is 1. The molecule has 1 amide bonds. The highest BCUT2D eigenvalue weighted by atomic mass is 35.5. The van der Waals surface area contributed by atoms with E-state index in [0.29, 0.717) is 41.8 Å². The molecular weight excluding hydrogens is 428 g/mol. The number of carbonyl (C=O) groups excluding carboxylic acids is 1. The van der Waals surface area contributed by atoms with Crippen molar-refractivity contribution in [1.82, 2.24) is 10.3 Å². The number of ether oxygens (including phenoxy) is 1. The number of rotatable bonds is 10. The first-order chi connectivity index (χ1) is 14.5. The molecule has 156 valence electrons. The molecule has 0 unspecified atom stereocenters. The summed E-state index contributed by atoms with van der Waals surface area (Å²) in [7, 11) is 0. The van der Waals surface area contributed by atoms with Gasteiger partial charge in [-0.1, -0.05) is 23.7 Å². The van der Waals surface area contributed by atoms with Crippen molar-refractivity contribution in [2.24, 2.45) is 0 Å². The van der Waals surface area contributed by atoms with Crippen LogP contribution in [0.1, 0.15) is 10.7 Å². The Kier molecular flexibility index (Phi) is 7.58. The molecule has 2 aromatic carbocycles. The van der Waals surface area contributed by atoms with E-state index in [2.05, 4.69) is 15.6 Å². The van der Waals surface area contributed by atoms with Gasteiger partial charge in [-0.2, -0.15) is 0 Å². The average molecular weight is 447 g/mol. The van der Waals surface area contributed by atoms with Gasteiger partial charge in [0.1, 0.15) is 23.1 Å². The van der Waals surface area contributed by atoms with Gasteiger partial charge in [-0.05, 0) is 30.3 Å². The molecule has 1 aromatic heterocycles. The van der Waals surface area contributed by atoms with Crippen LogP contribution in [0, 0.1) is 10.1 Å². The summed E-state index contributed by atoms with van der Waals surface area (Å²) in [6, 6.07) is 13.4. The molecule has 0 aliphatic rings. The lowest BCUT2D eigenvalue weighted by molar-refractivity contribution is -0.384. The molecule has 0 aliphatic heterocycles. The predicted octanol–water partition coefficient (Wildman–Crippen LogP) is 4.05. The average Bonchev–Trinajstić information content (AvgIpc) is 3.18. The number of benzene rings is 2. The molecular formula is C20H19ClN4O4S. The van der Waals surface area contributed by atoms with Crippen LogP contribution in [-0.2, 0) is 17.8 Å². The third-order valence-corrected chi connectivity index (χ3v) is 5.10. The van der Waals surface area contributed by atoms with Crippen LogP contribution in [-0.4, -0.2) is 28.9 Å². The molecule has 0 atom stereocenters. The van der Waals surface area contributed by atoms with Gasteiger partial charge in [0, 0.05) is 29.6 Å². The Hall–Kier alpha value is -3.17. The molecule has 3 rings (SSSR count). The fraction of sp³-hybridized carbons (Fsp3) is 0.200. The van der Waals surface area contributed by atoms with Crippen molar-refractivity contribution >= 4 is 40.2 Å². The minimum absolute atomic E-state index is 0.000326. The van der Waals surface area contributed by atoms with Gasteiger partial charge >= 0.3 is 0 Å². The van der Waals surface area contributed by atoms with E-state index in [0.717, 1.165) is 5.01 Å². The molecule has 1 heterocycles. The Morgan fingerprint density at radius 2 is 1.93 bits per heavy atom. The van der Waals surface area contributed by atoms with Gasteiger partial charge in [-0.3, -0.25) is 14.9 Å². The Morgan fingerprint density at radius 3 is 2.70 bits per heavy atom. The smallest absolute Gasteiger partial charge is 0.292 e. The summed E-state index contributed by atoms with van der Waals surface area (Å²) < 4.78 is 5.65. The monoisotopic (exact) mass is 446 g/mol. The second-order valence-corrected chi connectivity index (χ2v) is 7.58. The van der Waals surface area contributed by atoms with Crippen LogP contribution in [0.15, 0.2) is 53.9 Å². The molecule has 0 radical (unpaired) electrons. The van der Waals surface area contributed by atoms with Crippen molar-refractivity contribution in [2.75, 3.05) is 18.4 Å². The minimum Gasteiger partial charge on any atom is -0.486 e. The van der Waals surface area contributed by atoms with Gasteiger partial charge in [0.25, 0.3) is 5.69 Å². The van der Waals surface area contributed by atoms with Crippen LogP contribution in [0.2, 0.25) is 5.02 Å². The van der Waals surface area contributed by atoms with Crippen LogP contribution in [0.25, 0.3) is 0 Å². The molecule has 0 bridgehead atoms. The van der Waals surface area contributed by atoms with Crippen molar-refractivity contribution < 1.29 is 14.5 Å². The van der Waals surface area contributed by atoms with E-state index in [-0.39, 0.29) is 18.0 Å². The van der Waals surface area contributed by atoms with Crippen LogP contribution < -0.4 is 15.4 Å². The van der Waals surface area contributed by atoms with Gasteiger partial charge in [0.05, 0.1) is 17.0 Å². The van der Waals surface area contributed by atoms with E-state index in [9.17, 15) is 14.9 Å². The lowest BCUT2D eigenvalue weighted by atomic mass is 10.2. The highest BCUT2D eigenvalue weighted by molar-refractivity contribution is 7.09. The van der Waals surface area contributed by atoms with E-state index in [1.54, 1.807) is 42.5 Å². The second kappa shape index (κ2) is 10.6. The van der Waals surface area contributed by atoms with Crippen molar-refractivity contribution in [2.45, 2.75) is 13.0 Å². The zero-order valence-electron chi connectivity index (χ0n) is 15.8. The van der Waals surface area contributed by atoms with E-state index in [1.807, 2.05) is 5.38 Å². The Labute approximate surface area is 182 Å². The summed E-state index contributed by atoms with van der Waals surface area (Å²) >= 11 is 7.27. The number of halogens is 1. The maximum Gasteiger partial charge on any atom is 0.292 e. The zero-order valence-corrected chi connectivity index (χ0v) is 17.4. The highest BCUT2D eigenvalue weighted by Gasteiger charge is 2.12. The maximum absolute atomic E-state index is 12.1. The van der Waals surface area contributed by atoms with E-state index in [4.69, 9.17) is 16.3 Å². The number of nitrogens with zero attached hydrogens (tertiary/aromatic N) is 2. The summed E-state index contributed by atoms with van der Waals surface area (Å²) in [6.07, 6.45) is 0.156. The number of carbonyl (C=O) groups is 1. The number of anilines is 1. The molecule has 8 nitrogen and oxygen atoms in total. The summed E-state index contributed by atoms with van der Waals surface area (Å²) in [5.41, 5.74) is 1.08. The Bertz CT molecular complexity index is 1010. The number of hydrogen-bond donors (Lipinski definition) is 2. The van der Waals surface area contributed by atoms with Crippen molar-refractivity contribution in [3.05, 3.63) is 79.7 Å². The number of hydrogen-bond acceptors (Lipinski definition) is 7. The van der Waals surface area contributed by atoms with Crippen molar-refractivity contribution in [3.63, 3.8) is 0 Å². The zero-order chi connectivity index (χ0) is 21.3. The summed E-state index contributed by atoms with van der Waals surface area (Å²) in [5.74, 6) is 0.523. The quantitative estimate of drug-likeness (QED) is 0.276. The molecule has 0 aliphatic carbocycles. The third-order valence-electron chi connectivity index (χ3n) is 3.98. The van der Waals surface area contributed by atoms with Crippen LogP contribution in [0.5, 0.6) is 5.75 Å². The normalized spacial score (nSPS) is 10.4. The number of nitrogens with one attached hydrogen (secondary N) is 2. The fourth-order valence-electron chi connectivity index (χ4n) is 2.58. The molecule has 2 N–H and O–H groups in total. The Balaban J connectivity index is 1.39. The van der Waals surface area contributed by atoms with Crippen molar-refractivity contribution in [1.29, 1.82) is 0 Å². The molecule has 0 fully saturated rings. The van der Waals surface area contributed by atoms with Gasteiger partial charge in [0.15, 0.2) is 0 Å². The molecule has 0 saturated carbocycles. The molecule has 0 spiro atoms. The predicted molar refractivity (Wildman–Crippen MR) is 116 cm³/mol. The van der Waals surface area contributed by atoms with E-state index >= 15 is 0 Å². The standard InChI is InChI=1S/C20H19ClN4O4S/c21-14-5-7-16(8-6-14)29-12-20-24-15(13-30-20)11-19(26)23-10-9-22-17-3-1-2-4-18(17)25(27)28/h1-8,13,22H,9-12H2,(H,23,26). The third kappa shape index (κ3) is 6.43. The fourth-order valence-corrected chi connectivity index (χ4v) is 3.41. The molecule has 30 heavy (non-hydrogen) atoms. The van der Waals surface area contributed by atoms with Crippen LogP contribution >= 0.6 is 22.9 Å². The maximum atomic E-state index is 12.1. The molecule has 3 aromatic rings. The van der Waals surface area contributed by atoms with E-state index < -0.39 is 4.92 Å². The van der Waals surface area contributed by atoms with Gasteiger partial charge < -0.3 is 15.4 Å². The number of aromatic nitrogens is 1. The molecule has 10 heteroatoms.